The third-order valence-electron chi connectivity index (χ3n) is 3.14. The Morgan fingerprint density at radius 2 is 1.16 bits per heavy atom. The molecule has 2 aromatic carbocycles. The van der Waals surface area contributed by atoms with Crippen molar-refractivity contribution in [1.29, 1.82) is 0 Å². The van der Waals surface area contributed by atoms with Gasteiger partial charge in [-0.25, -0.2) is 0 Å². The minimum atomic E-state index is 0.870. The van der Waals surface area contributed by atoms with Crippen LogP contribution < -0.4 is 9.47 Å². The Labute approximate surface area is 115 Å². The summed E-state index contributed by atoms with van der Waals surface area (Å²) >= 11 is 0. The summed E-state index contributed by atoms with van der Waals surface area (Å²) in [6.07, 6.45) is 3.43. The molecule has 2 aromatic rings. The average molecular weight is 254 g/mol. The van der Waals surface area contributed by atoms with Crippen molar-refractivity contribution in [3.63, 3.8) is 0 Å². The van der Waals surface area contributed by atoms with Crippen molar-refractivity contribution in [3.8, 4) is 11.5 Å². The number of hydrogen-bond acceptors (Lipinski definition) is 2. The highest BCUT2D eigenvalue weighted by Crippen LogP contribution is 2.24. The average Bonchev–Trinajstić information content (AvgIpc) is 2.42. The third-order valence-corrected chi connectivity index (χ3v) is 3.14. The van der Waals surface area contributed by atoms with E-state index in [1.807, 2.05) is 36.4 Å². The second-order valence-corrected chi connectivity index (χ2v) is 4.49. The van der Waals surface area contributed by atoms with E-state index in [0.717, 1.165) is 33.8 Å². The summed E-state index contributed by atoms with van der Waals surface area (Å²) in [6, 6.07) is 12.0. The Bertz CT molecular complexity index is 522. The first-order valence-electron chi connectivity index (χ1n) is 6.20. The molecule has 2 heteroatoms. The highest BCUT2D eigenvalue weighted by molar-refractivity contribution is 5.48. The molecule has 0 spiro atoms. The molecule has 0 saturated heterocycles. The van der Waals surface area contributed by atoms with E-state index in [1.54, 1.807) is 14.2 Å². The molecule has 19 heavy (non-hydrogen) atoms. The lowest BCUT2D eigenvalue weighted by Crippen LogP contribution is -1.94. The van der Waals surface area contributed by atoms with Gasteiger partial charge in [0.2, 0.25) is 0 Å². The van der Waals surface area contributed by atoms with Crippen LogP contribution in [0.1, 0.15) is 22.3 Å². The van der Waals surface area contributed by atoms with Crippen LogP contribution >= 0.6 is 0 Å². The van der Waals surface area contributed by atoms with E-state index in [9.17, 15) is 0 Å². The summed E-state index contributed by atoms with van der Waals surface area (Å²) in [5.41, 5.74) is 4.45. The van der Waals surface area contributed by atoms with E-state index >= 15 is 0 Å². The van der Waals surface area contributed by atoms with Crippen molar-refractivity contribution in [2.75, 3.05) is 14.2 Å². The van der Waals surface area contributed by atoms with Crippen molar-refractivity contribution in [3.05, 3.63) is 65.1 Å². The topological polar surface area (TPSA) is 18.5 Å². The fourth-order valence-electron chi connectivity index (χ4n) is 1.95. The molecule has 2 rings (SSSR count). The highest BCUT2D eigenvalue weighted by Gasteiger charge is 2.06. The Morgan fingerprint density at radius 3 is 1.47 bits per heavy atom. The molecule has 0 atom stereocenters. The van der Waals surface area contributed by atoms with Crippen LogP contribution in [0.5, 0.6) is 11.5 Å². The second kappa shape index (κ2) is 5.79. The quantitative estimate of drug-likeness (QED) is 0.826. The minimum Gasteiger partial charge on any atom is -0.497 e. The van der Waals surface area contributed by atoms with Gasteiger partial charge in [-0.15, -0.1) is 0 Å². The van der Waals surface area contributed by atoms with E-state index in [1.165, 1.54) is 0 Å². The predicted molar refractivity (Wildman–Crippen MR) is 76.9 cm³/mol. The number of hydrogen-bond donors (Lipinski definition) is 0. The van der Waals surface area contributed by atoms with E-state index in [4.69, 9.17) is 9.47 Å². The van der Waals surface area contributed by atoms with Crippen LogP contribution in [0.15, 0.2) is 36.4 Å². The van der Waals surface area contributed by atoms with E-state index in [0.29, 0.717) is 0 Å². The third kappa shape index (κ3) is 3.08. The van der Waals surface area contributed by atoms with Crippen molar-refractivity contribution in [2.45, 2.75) is 13.8 Å². The Hall–Kier alpha value is -1.96. The first-order chi connectivity index (χ1) is 9.13. The normalized spacial score (nSPS) is 10.3. The van der Waals surface area contributed by atoms with Gasteiger partial charge in [-0.05, 0) is 60.4 Å². The molecule has 0 aromatic heterocycles. The van der Waals surface area contributed by atoms with Crippen molar-refractivity contribution >= 4 is 0 Å². The second-order valence-electron chi connectivity index (χ2n) is 4.49. The maximum absolute atomic E-state index is 5.21. The smallest absolute Gasteiger partial charge is 0.119 e. The van der Waals surface area contributed by atoms with Gasteiger partial charge in [0.05, 0.1) is 20.6 Å². The maximum Gasteiger partial charge on any atom is 0.119 e. The van der Waals surface area contributed by atoms with Gasteiger partial charge < -0.3 is 9.47 Å². The molecular weight excluding hydrogens is 236 g/mol. The number of aryl methyl sites for hydroxylation is 2. The summed E-state index contributed by atoms with van der Waals surface area (Å²) in [7, 11) is 3.35. The molecule has 0 heterocycles. The summed E-state index contributed by atoms with van der Waals surface area (Å²) in [5.74, 6) is 1.74. The van der Waals surface area contributed by atoms with Crippen LogP contribution in [0.25, 0.3) is 0 Å². The number of ether oxygens (including phenoxy) is 2. The van der Waals surface area contributed by atoms with E-state index in [-0.39, 0.29) is 0 Å². The van der Waals surface area contributed by atoms with E-state index in [2.05, 4.69) is 20.3 Å². The highest BCUT2D eigenvalue weighted by atomic mass is 16.5. The summed E-state index contributed by atoms with van der Waals surface area (Å²) < 4.78 is 10.4. The van der Waals surface area contributed by atoms with Crippen LogP contribution in [0.3, 0.4) is 0 Å². The largest absolute Gasteiger partial charge is 0.497 e. The number of benzene rings is 2. The number of rotatable bonds is 4. The van der Waals surface area contributed by atoms with Gasteiger partial charge in [0.15, 0.2) is 0 Å². The molecule has 98 valence electrons. The molecule has 2 radical (unpaired) electrons. The first-order valence-corrected chi connectivity index (χ1v) is 6.20. The predicted octanol–water partition coefficient (Wildman–Crippen LogP) is 3.80. The Morgan fingerprint density at radius 1 is 0.737 bits per heavy atom. The lowest BCUT2D eigenvalue weighted by molar-refractivity contribution is 0.414. The molecule has 2 nitrogen and oxygen atoms in total. The van der Waals surface area contributed by atoms with Gasteiger partial charge in [-0.3, -0.25) is 0 Å². The molecule has 0 N–H and O–H groups in total. The van der Waals surface area contributed by atoms with Crippen LogP contribution in [0.2, 0.25) is 0 Å². The van der Waals surface area contributed by atoms with Crippen LogP contribution in [-0.4, -0.2) is 14.2 Å². The molecule has 0 saturated carbocycles. The molecule has 0 aliphatic carbocycles. The zero-order valence-corrected chi connectivity index (χ0v) is 11.8. The van der Waals surface area contributed by atoms with Crippen molar-refractivity contribution < 1.29 is 9.47 Å². The molecule has 0 fully saturated rings. The summed E-state index contributed by atoms with van der Waals surface area (Å²) in [6.45, 7) is 4.12. The van der Waals surface area contributed by atoms with Crippen LogP contribution in [0.4, 0.5) is 0 Å². The van der Waals surface area contributed by atoms with Crippen molar-refractivity contribution in [1.82, 2.24) is 0 Å². The fourth-order valence-corrected chi connectivity index (χ4v) is 1.95. The first kappa shape index (κ1) is 13.5. The molecule has 0 unspecified atom stereocenters. The molecule has 0 bridgehead atoms. The molecular formula is C17H18O2. The van der Waals surface area contributed by atoms with Gasteiger partial charge in [0.1, 0.15) is 11.5 Å². The lowest BCUT2D eigenvalue weighted by Gasteiger charge is -2.10. The van der Waals surface area contributed by atoms with Gasteiger partial charge >= 0.3 is 0 Å². The summed E-state index contributed by atoms with van der Waals surface area (Å²) in [5, 5.41) is 0. The zero-order chi connectivity index (χ0) is 13.8. The summed E-state index contributed by atoms with van der Waals surface area (Å²) in [4.78, 5) is 0. The Balaban J connectivity index is 2.26. The molecule has 0 aliphatic heterocycles. The van der Waals surface area contributed by atoms with Crippen LogP contribution in [-0.2, 0) is 0 Å². The SMILES string of the molecule is COc1ccc([C]c2ccc(OC)cc2C)c(C)c1. The lowest BCUT2D eigenvalue weighted by atomic mass is 9.97. The Kier molecular flexibility index (Phi) is 4.10. The standard InChI is InChI=1S/C17H18O2/c1-12-9-16(18-3)7-5-14(12)11-15-6-8-17(19-4)10-13(15)2/h5-10H,1-4H3. The maximum atomic E-state index is 5.21. The van der Waals surface area contributed by atoms with Gasteiger partial charge in [-0.1, -0.05) is 12.1 Å². The fraction of sp³-hybridized carbons (Fsp3) is 0.235. The van der Waals surface area contributed by atoms with Gasteiger partial charge in [0.25, 0.3) is 0 Å². The minimum absolute atomic E-state index is 0.870. The van der Waals surface area contributed by atoms with E-state index < -0.39 is 0 Å². The van der Waals surface area contributed by atoms with Gasteiger partial charge in [-0.2, -0.15) is 0 Å². The number of methoxy groups -OCH3 is 2. The van der Waals surface area contributed by atoms with Crippen molar-refractivity contribution in [2.24, 2.45) is 0 Å². The van der Waals surface area contributed by atoms with Crippen LogP contribution in [0, 0.1) is 20.3 Å². The zero-order valence-electron chi connectivity index (χ0n) is 11.8. The van der Waals surface area contributed by atoms with Gasteiger partial charge in [0, 0.05) is 0 Å². The molecule has 0 amide bonds. The monoisotopic (exact) mass is 254 g/mol. The molecule has 0 aliphatic rings.